The van der Waals surface area contributed by atoms with Crippen LogP contribution in [0.4, 0.5) is 5.69 Å². The standard InChI is InChI=1S/C17H17NO6S/c1-23-16(19)11-24-13-7-5-6-12(10-13)17(20)18-14-8-3-4-9-15(14)25(2,21)22/h3-10H,11H2,1-2H3,(H,18,20). The van der Waals surface area contributed by atoms with Crippen LogP contribution >= 0.6 is 0 Å². The van der Waals surface area contributed by atoms with Gasteiger partial charge in [-0.1, -0.05) is 18.2 Å². The second-order valence-electron chi connectivity index (χ2n) is 5.12. The Balaban J connectivity index is 2.18. The van der Waals surface area contributed by atoms with Crippen molar-refractivity contribution >= 4 is 27.4 Å². The summed E-state index contributed by atoms with van der Waals surface area (Å²) in [6.45, 7) is -0.279. The van der Waals surface area contributed by atoms with Crippen LogP contribution < -0.4 is 10.1 Å². The number of sulfone groups is 1. The van der Waals surface area contributed by atoms with E-state index in [1.165, 1.54) is 25.3 Å². The molecule has 0 fully saturated rings. The van der Waals surface area contributed by atoms with E-state index in [1.54, 1.807) is 30.3 Å². The zero-order valence-electron chi connectivity index (χ0n) is 13.7. The van der Waals surface area contributed by atoms with Gasteiger partial charge in [-0.15, -0.1) is 0 Å². The average Bonchev–Trinajstić information content (AvgIpc) is 2.59. The number of carbonyl (C=O) groups is 2. The smallest absolute Gasteiger partial charge is 0.343 e. The summed E-state index contributed by atoms with van der Waals surface area (Å²) in [6.07, 6.45) is 1.07. The van der Waals surface area contributed by atoms with Crippen LogP contribution in [-0.2, 0) is 19.4 Å². The van der Waals surface area contributed by atoms with Crippen LogP contribution in [0.1, 0.15) is 10.4 Å². The number of nitrogens with one attached hydrogen (secondary N) is 1. The van der Waals surface area contributed by atoms with Gasteiger partial charge in [0.05, 0.1) is 17.7 Å². The van der Waals surface area contributed by atoms with Crippen molar-refractivity contribution in [2.24, 2.45) is 0 Å². The molecule has 1 amide bonds. The number of rotatable bonds is 6. The van der Waals surface area contributed by atoms with Crippen LogP contribution in [0.15, 0.2) is 53.4 Å². The molecule has 0 saturated carbocycles. The number of methoxy groups -OCH3 is 1. The van der Waals surface area contributed by atoms with E-state index in [0.717, 1.165) is 6.26 Å². The van der Waals surface area contributed by atoms with Crippen molar-refractivity contribution in [2.75, 3.05) is 25.3 Å². The van der Waals surface area contributed by atoms with Crippen molar-refractivity contribution in [3.8, 4) is 5.75 Å². The van der Waals surface area contributed by atoms with Gasteiger partial charge >= 0.3 is 5.97 Å². The molecule has 7 nitrogen and oxygen atoms in total. The van der Waals surface area contributed by atoms with Crippen molar-refractivity contribution < 1.29 is 27.5 Å². The van der Waals surface area contributed by atoms with E-state index in [9.17, 15) is 18.0 Å². The van der Waals surface area contributed by atoms with Crippen molar-refractivity contribution in [3.05, 3.63) is 54.1 Å². The summed E-state index contributed by atoms with van der Waals surface area (Å²) in [6, 6.07) is 12.3. The Morgan fingerprint density at radius 1 is 1.08 bits per heavy atom. The number of benzene rings is 2. The normalized spacial score (nSPS) is 10.8. The summed E-state index contributed by atoms with van der Waals surface area (Å²) in [5.41, 5.74) is 0.446. The minimum atomic E-state index is -3.48. The molecule has 0 aliphatic heterocycles. The fourth-order valence-electron chi connectivity index (χ4n) is 2.02. The summed E-state index contributed by atoms with van der Waals surface area (Å²) >= 11 is 0. The fourth-order valence-corrected chi connectivity index (χ4v) is 2.86. The van der Waals surface area contributed by atoms with Crippen molar-refractivity contribution in [3.63, 3.8) is 0 Å². The maximum atomic E-state index is 12.4. The number of amides is 1. The molecule has 1 N–H and O–H groups in total. The second-order valence-corrected chi connectivity index (χ2v) is 7.10. The highest BCUT2D eigenvalue weighted by molar-refractivity contribution is 7.90. The van der Waals surface area contributed by atoms with Crippen molar-refractivity contribution in [1.29, 1.82) is 0 Å². The number of carbonyl (C=O) groups excluding carboxylic acids is 2. The Kier molecular flexibility index (Phi) is 5.76. The topological polar surface area (TPSA) is 98.8 Å². The van der Waals surface area contributed by atoms with Gasteiger partial charge in [0.15, 0.2) is 16.4 Å². The molecular weight excluding hydrogens is 346 g/mol. The first kappa shape index (κ1) is 18.5. The lowest BCUT2D eigenvalue weighted by molar-refractivity contribution is -0.142. The maximum absolute atomic E-state index is 12.4. The SMILES string of the molecule is COC(=O)COc1cccc(C(=O)Nc2ccccc2S(C)(=O)=O)c1. The van der Waals surface area contributed by atoms with E-state index in [-0.39, 0.29) is 22.8 Å². The molecule has 0 saturated heterocycles. The molecule has 0 atom stereocenters. The number of ether oxygens (including phenoxy) is 2. The number of hydrogen-bond donors (Lipinski definition) is 1. The Morgan fingerprint density at radius 2 is 1.80 bits per heavy atom. The zero-order valence-corrected chi connectivity index (χ0v) is 14.5. The Bertz CT molecular complexity index is 892. The molecule has 2 aromatic rings. The summed E-state index contributed by atoms with van der Waals surface area (Å²) in [7, 11) is -2.24. The van der Waals surface area contributed by atoms with E-state index < -0.39 is 21.7 Å². The first-order chi connectivity index (χ1) is 11.8. The highest BCUT2D eigenvalue weighted by atomic mass is 32.2. The van der Waals surface area contributed by atoms with Gasteiger partial charge in [0.25, 0.3) is 5.91 Å². The largest absolute Gasteiger partial charge is 0.482 e. The monoisotopic (exact) mass is 363 g/mol. The molecule has 132 valence electrons. The maximum Gasteiger partial charge on any atom is 0.343 e. The van der Waals surface area contributed by atoms with E-state index in [1.807, 2.05) is 0 Å². The highest BCUT2D eigenvalue weighted by Gasteiger charge is 2.15. The average molecular weight is 363 g/mol. The molecule has 8 heteroatoms. The summed E-state index contributed by atoms with van der Waals surface area (Å²) in [5, 5.41) is 2.57. The van der Waals surface area contributed by atoms with Gasteiger partial charge in [0.2, 0.25) is 0 Å². The second kappa shape index (κ2) is 7.80. The molecule has 2 rings (SSSR count). The summed E-state index contributed by atoms with van der Waals surface area (Å²) < 4.78 is 33.3. The van der Waals surface area contributed by atoms with Gasteiger partial charge in [-0.05, 0) is 30.3 Å². The van der Waals surface area contributed by atoms with Crippen molar-refractivity contribution in [2.45, 2.75) is 4.90 Å². The quantitative estimate of drug-likeness (QED) is 0.787. The highest BCUT2D eigenvalue weighted by Crippen LogP contribution is 2.22. The summed E-state index contributed by atoms with van der Waals surface area (Å²) in [4.78, 5) is 23.5. The van der Waals surface area contributed by atoms with Gasteiger partial charge in [0.1, 0.15) is 5.75 Å². The Morgan fingerprint density at radius 3 is 2.48 bits per heavy atom. The molecule has 2 aromatic carbocycles. The number of esters is 1. The van der Waals surface area contributed by atoms with Gasteiger partial charge in [-0.2, -0.15) is 0 Å². The molecule has 0 radical (unpaired) electrons. The first-order valence-electron chi connectivity index (χ1n) is 7.21. The molecule has 0 spiro atoms. The van der Waals surface area contributed by atoms with Crippen LogP contribution in [0, 0.1) is 0 Å². The van der Waals surface area contributed by atoms with Crippen LogP contribution in [0.3, 0.4) is 0 Å². The van der Waals surface area contributed by atoms with Crippen LogP contribution in [-0.4, -0.2) is 40.3 Å². The molecule has 0 bridgehead atoms. The molecule has 0 heterocycles. The lowest BCUT2D eigenvalue weighted by atomic mass is 10.2. The predicted octanol–water partition coefficient (Wildman–Crippen LogP) is 1.89. The molecular formula is C17H17NO6S. The molecule has 0 unspecified atom stereocenters. The number of anilines is 1. The van der Waals surface area contributed by atoms with E-state index in [2.05, 4.69) is 10.1 Å². The van der Waals surface area contributed by atoms with Gasteiger partial charge in [0, 0.05) is 11.8 Å². The Labute approximate surface area is 145 Å². The number of hydrogen-bond acceptors (Lipinski definition) is 6. The Hall–Kier alpha value is -2.87. The van der Waals surface area contributed by atoms with E-state index in [4.69, 9.17) is 4.74 Å². The summed E-state index contributed by atoms with van der Waals surface area (Å²) in [5.74, 6) is -0.731. The fraction of sp³-hybridized carbons (Fsp3) is 0.176. The third kappa shape index (κ3) is 5.05. The molecule has 0 aromatic heterocycles. The number of para-hydroxylation sites is 1. The van der Waals surface area contributed by atoms with Crippen LogP contribution in [0.25, 0.3) is 0 Å². The van der Waals surface area contributed by atoms with Gasteiger partial charge in [-0.3, -0.25) is 4.79 Å². The van der Waals surface area contributed by atoms with Crippen LogP contribution in [0.5, 0.6) is 5.75 Å². The molecule has 0 aliphatic rings. The van der Waals surface area contributed by atoms with Gasteiger partial charge < -0.3 is 14.8 Å². The molecule has 25 heavy (non-hydrogen) atoms. The first-order valence-corrected chi connectivity index (χ1v) is 9.10. The lowest BCUT2D eigenvalue weighted by Gasteiger charge is -2.10. The van der Waals surface area contributed by atoms with E-state index >= 15 is 0 Å². The minimum Gasteiger partial charge on any atom is -0.482 e. The third-order valence-electron chi connectivity index (χ3n) is 3.22. The van der Waals surface area contributed by atoms with Gasteiger partial charge in [-0.25, -0.2) is 13.2 Å². The van der Waals surface area contributed by atoms with Crippen LogP contribution in [0.2, 0.25) is 0 Å². The van der Waals surface area contributed by atoms with Crippen molar-refractivity contribution in [1.82, 2.24) is 0 Å². The lowest BCUT2D eigenvalue weighted by Crippen LogP contribution is -2.15. The molecule has 0 aliphatic carbocycles. The predicted molar refractivity (Wildman–Crippen MR) is 91.5 cm³/mol. The zero-order chi connectivity index (χ0) is 18.4. The third-order valence-corrected chi connectivity index (χ3v) is 4.37. The van der Waals surface area contributed by atoms with E-state index in [0.29, 0.717) is 5.75 Å². The minimum absolute atomic E-state index is 0.0291.